The van der Waals surface area contributed by atoms with Gasteiger partial charge in [0.05, 0.1) is 18.8 Å². The number of nitrogens with one attached hydrogen (secondary N) is 1. The molecule has 1 amide bonds. The lowest BCUT2D eigenvalue weighted by molar-refractivity contribution is -0.119. The summed E-state index contributed by atoms with van der Waals surface area (Å²) in [6.45, 7) is 4.50. The summed E-state index contributed by atoms with van der Waals surface area (Å²) in [7, 11) is 0. The molecule has 1 aliphatic carbocycles. The molecule has 0 spiro atoms. The smallest absolute Gasteiger partial charge is 0.217 e. The predicted molar refractivity (Wildman–Crippen MR) is 103 cm³/mol. The Morgan fingerprint density at radius 2 is 2.14 bits per heavy atom. The van der Waals surface area contributed by atoms with Crippen LogP contribution >= 0.6 is 0 Å². The van der Waals surface area contributed by atoms with E-state index in [4.69, 9.17) is 9.47 Å². The van der Waals surface area contributed by atoms with Crippen LogP contribution < -0.4 is 14.8 Å². The zero-order valence-corrected chi connectivity index (χ0v) is 16.0. The molecule has 3 aromatic heterocycles. The second kappa shape index (κ2) is 7.84. The minimum atomic E-state index is -0.0800. The predicted octanol–water partition coefficient (Wildman–Crippen LogP) is 2.48. The van der Waals surface area contributed by atoms with Gasteiger partial charge in [0.2, 0.25) is 11.7 Å². The Balaban J connectivity index is 1.41. The number of nitrogens with zero attached hydrogens (tertiary/aromatic N) is 4. The Bertz CT molecular complexity index is 966. The van der Waals surface area contributed by atoms with E-state index in [0.717, 1.165) is 18.0 Å². The summed E-state index contributed by atoms with van der Waals surface area (Å²) in [5, 5.41) is 7.24. The van der Waals surface area contributed by atoms with Gasteiger partial charge in [-0.05, 0) is 43.9 Å². The number of hydrogen-bond donors (Lipinski definition) is 1. The van der Waals surface area contributed by atoms with Gasteiger partial charge in [-0.1, -0.05) is 0 Å². The van der Waals surface area contributed by atoms with E-state index in [1.165, 1.54) is 19.8 Å². The van der Waals surface area contributed by atoms with Gasteiger partial charge in [0, 0.05) is 19.2 Å². The van der Waals surface area contributed by atoms with E-state index in [2.05, 4.69) is 20.4 Å². The summed E-state index contributed by atoms with van der Waals surface area (Å²) in [6, 6.07) is 7.35. The summed E-state index contributed by atoms with van der Waals surface area (Å²) in [6.07, 6.45) is 5.99. The molecular formula is C20H23N5O3. The number of pyridine rings is 2. The first-order valence-corrected chi connectivity index (χ1v) is 9.42. The number of amides is 1. The average Bonchev–Trinajstić information content (AvgIpc) is 3.41. The van der Waals surface area contributed by atoms with Crippen LogP contribution in [-0.2, 0) is 4.79 Å². The SMILES string of the molecule is CC(=O)N[C@@H](C)COc1ccc(-c2nc3cc(OCC4CC4)ccn3n2)nc1. The molecule has 8 heteroatoms. The fourth-order valence-electron chi connectivity index (χ4n) is 2.77. The number of aromatic nitrogens is 4. The average molecular weight is 381 g/mol. The van der Waals surface area contributed by atoms with Gasteiger partial charge in [-0.15, -0.1) is 5.10 Å². The van der Waals surface area contributed by atoms with Crippen LogP contribution in [0.4, 0.5) is 0 Å². The monoisotopic (exact) mass is 381 g/mol. The van der Waals surface area contributed by atoms with Crippen molar-refractivity contribution in [2.75, 3.05) is 13.2 Å². The molecule has 1 N–H and O–H groups in total. The topological polar surface area (TPSA) is 90.6 Å². The second-order valence-electron chi connectivity index (χ2n) is 7.15. The lowest BCUT2D eigenvalue weighted by Gasteiger charge is -2.13. The van der Waals surface area contributed by atoms with Gasteiger partial charge >= 0.3 is 0 Å². The number of ether oxygens (including phenoxy) is 2. The first-order valence-electron chi connectivity index (χ1n) is 9.42. The molecule has 28 heavy (non-hydrogen) atoms. The number of carbonyl (C=O) groups is 1. The molecule has 8 nitrogen and oxygen atoms in total. The van der Waals surface area contributed by atoms with Crippen molar-refractivity contribution in [1.82, 2.24) is 24.9 Å². The van der Waals surface area contributed by atoms with E-state index in [0.29, 0.717) is 29.8 Å². The minimum Gasteiger partial charge on any atom is -0.493 e. The van der Waals surface area contributed by atoms with Gasteiger partial charge < -0.3 is 14.8 Å². The molecule has 4 rings (SSSR count). The third kappa shape index (κ3) is 4.57. The normalized spacial score (nSPS) is 14.6. The maximum atomic E-state index is 11.0. The summed E-state index contributed by atoms with van der Waals surface area (Å²) >= 11 is 0. The van der Waals surface area contributed by atoms with Gasteiger partial charge in [0.1, 0.15) is 23.8 Å². The summed E-state index contributed by atoms with van der Waals surface area (Å²) in [5.74, 6) is 2.60. The Kier molecular flexibility index (Phi) is 5.10. The standard InChI is InChI=1S/C20H23N5O3/c1-13(22-14(2)26)11-27-17-5-6-18(21-10-17)20-23-19-9-16(7-8-25(19)24-20)28-12-15-3-4-15/h5-10,13,15H,3-4,11-12H2,1-2H3,(H,22,26)/t13-/m0/s1. The highest BCUT2D eigenvalue weighted by Crippen LogP contribution is 2.29. The van der Waals surface area contributed by atoms with Crippen LogP contribution in [0.2, 0.25) is 0 Å². The van der Waals surface area contributed by atoms with E-state index in [1.54, 1.807) is 10.7 Å². The van der Waals surface area contributed by atoms with E-state index in [-0.39, 0.29) is 11.9 Å². The van der Waals surface area contributed by atoms with Crippen molar-refractivity contribution in [2.24, 2.45) is 5.92 Å². The highest BCUT2D eigenvalue weighted by Gasteiger charge is 2.22. The van der Waals surface area contributed by atoms with Gasteiger partial charge in [0.15, 0.2) is 5.65 Å². The van der Waals surface area contributed by atoms with Crippen LogP contribution in [-0.4, -0.2) is 44.7 Å². The van der Waals surface area contributed by atoms with E-state index < -0.39 is 0 Å². The van der Waals surface area contributed by atoms with Crippen molar-refractivity contribution in [3.63, 3.8) is 0 Å². The summed E-state index contributed by atoms with van der Waals surface area (Å²) in [5.41, 5.74) is 1.38. The van der Waals surface area contributed by atoms with Crippen LogP contribution in [0.3, 0.4) is 0 Å². The molecule has 3 heterocycles. The Hall–Kier alpha value is -3.16. The summed E-state index contributed by atoms with van der Waals surface area (Å²) in [4.78, 5) is 20.0. The first kappa shape index (κ1) is 18.2. The molecule has 0 radical (unpaired) electrons. The molecule has 1 atom stereocenters. The van der Waals surface area contributed by atoms with Gasteiger partial charge in [-0.3, -0.25) is 4.79 Å². The molecular weight excluding hydrogens is 358 g/mol. The van der Waals surface area contributed by atoms with Crippen LogP contribution in [0.15, 0.2) is 36.7 Å². The minimum absolute atomic E-state index is 0.0754. The Morgan fingerprint density at radius 3 is 2.86 bits per heavy atom. The fourth-order valence-corrected chi connectivity index (χ4v) is 2.77. The lowest BCUT2D eigenvalue weighted by atomic mass is 10.3. The van der Waals surface area contributed by atoms with Crippen LogP contribution in [0.5, 0.6) is 11.5 Å². The zero-order valence-electron chi connectivity index (χ0n) is 16.0. The molecule has 0 aromatic carbocycles. The van der Waals surface area contributed by atoms with Gasteiger partial charge in [-0.2, -0.15) is 0 Å². The quantitative estimate of drug-likeness (QED) is 0.645. The molecule has 1 fully saturated rings. The molecule has 3 aromatic rings. The lowest BCUT2D eigenvalue weighted by Crippen LogP contribution is -2.35. The highest BCUT2D eigenvalue weighted by atomic mass is 16.5. The molecule has 1 saturated carbocycles. The highest BCUT2D eigenvalue weighted by molar-refractivity contribution is 5.73. The van der Waals surface area contributed by atoms with Crippen LogP contribution in [0.1, 0.15) is 26.7 Å². The molecule has 146 valence electrons. The molecule has 0 bridgehead atoms. The molecule has 0 saturated heterocycles. The van der Waals surface area contributed by atoms with E-state index in [1.807, 2.05) is 37.4 Å². The maximum Gasteiger partial charge on any atom is 0.217 e. The third-order valence-electron chi connectivity index (χ3n) is 4.41. The second-order valence-corrected chi connectivity index (χ2v) is 7.15. The zero-order chi connectivity index (χ0) is 19.5. The maximum absolute atomic E-state index is 11.0. The van der Waals surface area contributed by atoms with Crippen molar-refractivity contribution in [3.05, 3.63) is 36.7 Å². The van der Waals surface area contributed by atoms with E-state index in [9.17, 15) is 4.79 Å². The first-order chi connectivity index (χ1) is 13.6. The van der Waals surface area contributed by atoms with Gasteiger partial charge in [-0.25, -0.2) is 14.5 Å². The number of hydrogen-bond acceptors (Lipinski definition) is 6. The number of carbonyl (C=O) groups excluding carboxylic acids is 1. The molecule has 1 aliphatic rings. The molecule has 0 aliphatic heterocycles. The number of fused-ring (bicyclic) bond motifs is 1. The van der Waals surface area contributed by atoms with Crippen molar-refractivity contribution in [2.45, 2.75) is 32.7 Å². The third-order valence-corrected chi connectivity index (χ3v) is 4.41. The largest absolute Gasteiger partial charge is 0.493 e. The van der Waals surface area contributed by atoms with Crippen molar-refractivity contribution < 1.29 is 14.3 Å². The van der Waals surface area contributed by atoms with E-state index >= 15 is 0 Å². The van der Waals surface area contributed by atoms with Crippen LogP contribution in [0.25, 0.3) is 17.2 Å². The number of rotatable bonds is 8. The Morgan fingerprint density at radius 1 is 1.29 bits per heavy atom. The van der Waals surface area contributed by atoms with Crippen molar-refractivity contribution >= 4 is 11.6 Å². The van der Waals surface area contributed by atoms with Crippen molar-refractivity contribution in [3.8, 4) is 23.0 Å². The van der Waals surface area contributed by atoms with Crippen LogP contribution in [0, 0.1) is 5.92 Å². The fraction of sp³-hybridized carbons (Fsp3) is 0.400. The summed E-state index contributed by atoms with van der Waals surface area (Å²) < 4.78 is 13.2. The Labute approximate surface area is 162 Å². The van der Waals surface area contributed by atoms with Crippen molar-refractivity contribution in [1.29, 1.82) is 0 Å². The van der Waals surface area contributed by atoms with Gasteiger partial charge in [0.25, 0.3) is 0 Å². The molecule has 0 unspecified atom stereocenters.